The SMILES string of the molecule is C=CC1OCC2OC2CO1. The summed E-state index contributed by atoms with van der Waals surface area (Å²) < 4.78 is 15.6. The molecule has 2 rings (SSSR count). The van der Waals surface area contributed by atoms with Gasteiger partial charge in [-0.15, -0.1) is 0 Å². The van der Waals surface area contributed by atoms with Gasteiger partial charge in [-0.3, -0.25) is 0 Å². The largest absolute Gasteiger partial charge is 0.365 e. The van der Waals surface area contributed by atoms with Crippen LogP contribution < -0.4 is 0 Å². The lowest BCUT2D eigenvalue weighted by molar-refractivity contribution is -0.112. The predicted octanol–water partition coefficient (Wildman–Crippen LogP) is 0.313. The van der Waals surface area contributed by atoms with Gasteiger partial charge in [0.2, 0.25) is 0 Å². The maximum atomic E-state index is 5.24. The van der Waals surface area contributed by atoms with Crippen LogP contribution in [0.3, 0.4) is 0 Å². The van der Waals surface area contributed by atoms with Gasteiger partial charge in [0, 0.05) is 0 Å². The molecule has 0 aromatic rings. The highest BCUT2D eigenvalue weighted by atomic mass is 16.7. The molecule has 2 aliphatic heterocycles. The Morgan fingerprint density at radius 2 is 1.80 bits per heavy atom. The molecule has 0 aromatic carbocycles. The minimum atomic E-state index is -0.226. The zero-order valence-electron chi connectivity index (χ0n) is 5.66. The van der Waals surface area contributed by atoms with E-state index in [9.17, 15) is 0 Å². The van der Waals surface area contributed by atoms with Crippen LogP contribution in [0, 0.1) is 0 Å². The van der Waals surface area contributed by atoms with Crippen LogP contribution in [-0.2, 0) is 14.2 Å². The lowest BCUT2D eigenvalue weighted by Crippen LogP contribution is -2.14. The molecule has 10 heavy (non-hydrogen) atoms. The molecule has 2 fully saturated rings. The van der Waals surface area contributed by atoms with Crippen molar-refractivity contribution in [3.05, 3.63) is 12.7 Å². The first-order chi connectivity index (χ1) is 4.90. The molecule has 0 radical (unpaired) electrons. The van der Waals surface area contributed by atoms with Gasteiger partial charge in [0.25, 0.3) is 0 Å². The van der Waals surface area contributed by atoms with Crippen LogP contribution in [0.15, 0.2) is 12.7 Å². The highest BCUT2D eigenvalue weighted by molar-refractivity contribution is 4.88. The fraction of sp³-hybridized carbons (Fsp3) is 0.714. The quantitative estimate of drug-likeness (QED) is 0.390. The van der Waals surface area contributed by atoms with Crippen molar-refractivity contribution in [1.29, 1.82) is 0 Å². The first-order valence-corrected chi connectivity index (χ1v) is 3.41. The maximum Gasteiger partial charge on any atom is 0.176 e. The van der Waals surface area contributed by atoms with E-state index < -0.39 is 0 Å². The second kappa shape index (κ2) is 2.34. The van der Waals surface area contributed by atoms with Crippen LogP contribution in [-0.4, -0.2) is 31.7 Å². The number of hydrogen-bond donors (Lipinski definition) is 0. The first kappa shape index (κ1) is 6.34. The number of hydrogen-bond acceptors (Lipinski definition) is 3. The van der Waals surface area contributed by atoms with Crippen molar-refractivity contribution in [1.82, 2.24) is 0 Å². The van der Waals surface area contributed by atoms with Gasteiger partial charge in [-0.05, 0) is 6.08 Å². The Balaban J connectivity index is 1.89. The Hall–Kier alpha value is -0.380. The molecule has 2 unspecified atom stereocenters. The third kappa shape index (κ3) is 1.08. The van der Waals surface area contributed by atoms with E-state index in [4.69, 9.17) is 14.2 Å². The van der Waals surface area contributed by atoms with Gasteiger partial charge < -0.3 is 14.2 Å². The molecular weight excluding hydrogens is 132 g/mol. The summed E-state index contributed by atoms with van der Waals surface area (Å²) in [5, 5.41) is 0. The number of ether oxygens (including phenoxy) is 3. The van der Waals surface area contributed by atoms with Crippen LogP contribution in [0.4, 0.5) is 0 Å². The maximum absolute atomic E-state index is 5.24. The molecule has 2 saturated heterocycles. The van der Waals surface area contributed by atoms with Crippen LogP contribution in [0.5, 0.6) is 0 Å². The van der Waals surface area contributed by atoms with Crippen molar-refractivity contribution in [2.75, 3.05) is 13.2 Å². The zero-order chi connectivity index (χ0) is 6.97. The van der Waals surface area contributed by atoms with Crippen molar-refractivity contribution in [2.45, 2.75) is 18.5 Å². The van der Waals surface area contributed by atoms with E-state index in [0.29, 0.717) is 13.2 Å². The minimum Gasteiger partial charge on any atom is -0.365 e. The third-order valence-electron chi connectivity index (χ3n) is 1.73. The Labute approximate surface area is 59.6 Å². The fourth-order valence-electron chi connectivity index (χ4n) is 1.04. The van der Waals surface area contributed by atoms with E-state index in [1.165, 1.54) is 0 Å². The van der Waals surface area contributed by atoms with Gasteiger partial charge in [-0.2, -0.15) is 0 Å². The Morgan fingerprint density at radius 3 is 2.30 bits per heavy atom. The second-order valence-corrected chi connectivity index (χ2v) is 2.48. The summed E-state index contributed by atoms with van der Waals surface area (Å²) in [7, 11) is 0. The molecule has 0 amide bonds. The molecule has 3 heteroatoms. The number of fused-ring (bicyclic) bond motifs is 1. The lowest BCUT2D eigenvalue weighted by Gasteiger charge is -2.10. The Bertz CT molecular complexity index is 134. The van der Waals surface area contributed by atoms with Crippen molar-refractivity contribution >= 4 is 0 Å². The van der Waals surface area contributed by atoms with E-state index in [-0.39, 0.29) is 18.5 Å². The lowest BCUT2D eigenvalue weighted by atomic mass is 10.3. The molecular formula is C7H10O3. The average Bonchev–Trinajstić information content (AvgIpc) is 2.63. The normalized spacial score (nSPS) is 45.4. The van der Waals surface area contributed by atoms with Gasteiger partial charge >= 0.3 is 0 Å². The van der Waals surface area contributed by atoms with Gasteiger partial charge in [0.15, 0.2) is 6.29 Å². The van der Waals surface area contributed by atoms with Crippen molar-refractivity contribution in [3.8, 4) is 0 Å². The molecule has 0 spiro atoms. The Kier molecular flexibility index (Phi) is 1.48. The predicted molar refractivity (Wildman–Crippen MR) is 34.5 cm³/mol. The van der Waals surface area contributed by atoms with E-state index in [2.05, 4.69) is 6.58 Å². The van der Waals surface area contributed by atoms with E-state index in [1.54, 1.807) is 6.08 Å². The highest BCUT2D eigenvalue weighted by Crippen LogP contribution is 2.26. The topological polar surface area (TPSA) is 31.0 Å². The summed E-state index contributed by atoms with van der Waals surface area (Å²) in [6.45, 7) is 4.86. The molecule has 0 aromatic heterocycles. The standard InChI is InChI=1S/C7H10O3/c1-2-7-8-3-5-6(10-5)4-9-7/h2,5-7H,1,3-4H2. The molecule has 0 aliphatic carbocycles. The summed E-state index contributed by atoms with van der Waals surface area (Å²) >= 11 is 0. The summed E-state index contributed by atoms with van der Waals surface area (Å²) in [6, 6.07) is 0. The summed E-state index contributed by atoms with van der Waals surface area (Å²) in [4.78, 5) is 0. The summed E-state index contributed by atoms with van der Waals surface area (Å²) in [5.41, 5.74) is 0. The van der Waals surface area contributed by atoms with E-state index in [1.807, 2.05) is 0 Å². The fourth-order valence-corrected chi connectivity index (χ4v) is 1.04. The highest BCUT2D eigenvalue weighted by Gasteiger charge is 2.42. The van der Waals surface area contributed by atoms with Crippen molar-refractivity contribution < 1.29 is 14.2 Å². The second-order valence-electron chi connectivity index (χ2n) is 2.48. The van der Waals surface area contributed by atoms with Gasteiger partial charge in [-0.1, -0.05) is 6.58 Å². The summed E-state index contributed by atoms with van der Waals surface area (Å²) in [5.74, 6) is 0. The summed E-state index contributed by atoms with van der Waals surface area (Å²) in [6.07, 6.45) is 2.00. The van der Waals surface area contributed by atoms with E-state index in [0.717, 1.165) is 0 Å². The molecule has 2 aliphatic rings. The average molecular weight is 142 g/mol. The Morgan fingerprint density at radius 1 is 1.20 bits per heavy atom. The van der Waals surface area contributed by atoms with Crippen LogP contribution in [0.2, 0.25) is 0 Å². The van der Waals surface area contributed by atoms with E-state index >= 15 is 0 Å². The molecule has 0 bridgehead atoms. The molecule has 2 atom stereocenters. The minimum absolute atomic E-state index is 0.226. The van der Waals surface area contributed by atoms with Crippen molar-refractivity contribution in [2.24, 2.45) is 0 Å². The van der Waals surface area contributed by atoms with Crippen LogP contribution in [0.1, 0.15) is 0 Å². The smallest absolute Gasteiger partial charge is 0.176 e. The number of epoxide rings is 1. The van der Waals surface area contributed by atoms with Gasteiger partial charge in [0.05, 0.1) is 13.2 Å². The molecule has 0 N–H and O–H groups in total. The van der Waals surface area contributed by atoms with Crippen LogP contribution in [0.25, 0.3) is 0 Å². The van der Waals surface area contributed by atoms with Crippen LogP contribution >= 0.6 is 0 Å². The van der Waals surface area contributed by atoms with Crippen molar-refractivity contribution in [3.63, 3.8) is 0 Å². The van der Waals surface area contributed by atoms with Gasteiger partial charge in [-0.25, -0.2) is 0 Å². The van der Waals surface area contributed by atoms with Gasteiger partial charge in [0.1, 0.15) is 12.2 Å². The third-order valence-corrected chi connectivity index (χ3v) is 1.73. The first-order valence-electron chi connectivity index (χ1n) is 3.41. The zero-order valence-corrected chi connectivity index (χ0v) is 5.66. The molecule has 0 saturated carbocycles. The molecule has 3 nitrogen and oxygen atoms in total. The number of rotatable bonds is 1. The molecule has 56 valence electrons. The monoisotopic (exact) mass is 142 g/mol. The molecule has 2 heterocycles.